The van der Waals surface area contributed by atoms with E-state index in [9.17, 15) is 0 Å². The van der Waals surface area contributed by atoms with Crippen LogP contribution < -0.4 is 5.32 Å². The van der Waals surface area contributed by atoms with Crippen molar-refractivity contribution in [1.82, 2.24) is 19.5 Å². The van der Waals surface area contributed by atoms with Crippen LogP contribution in [-0.2, 0) is 13.5 Å². The van der Waals surface area contributed by atoms with Crippen molar-refractivity contribution >= 4 is 5.82 Å². The van der Waals surface area contributed by atoms with Gasteiger partial charge in [-0.15, -0.1) is 0 Å². The summed E-state index contributed by atoms with van der Waals surface area (Å²) in [4.78, 5) is 14.0. The van der Waals surface area contributed by atoms with Crippen LogP contribution in [-0.4, -0.2) is 26.1 Å². The molecule has 0 aliphatic heterocycles. The van der Waals surface area contributed by atoms with E-state index < -0.39 is 0 Å². The van der Waals surface area contributed by atoms with Crippen LogP contribution in [0.15, 0.2) is 12.4 Å². The SMILES string of the molecule is CCCNc1nc(C2CC2)nc(Cc2nccn2C)c1C. The van der Waals surface area contributed by atoms with Gasteiger partial charge in [0.2, 0.25) is 0 Å². The van der Waals surface area contributed by atoms with Crippen LogP contribution in [0.25, 0.3) is 0 Å². The third-order valence-corrected chi connectivity index (χ3v) is 4.00. The lowest BCUT2D eigenvalue weighted by Gasteiger charge is -2.13. The van der Waals surface area contributed by atoms with Gasteiger partial charge < -0.3 is 9.88 Å². The maximum atomic E-state index is 4.81. The first-order chi connectivity index (χ1) is 10.2. The molecule has 0 spiro atoms. The molecule has 112 valence electrons. The predicted octanol–water partition coefficient (Wildman–Crippen LogP) is 2.81. The molecule has 2 heterocycles. The Bertz CT molecular complexity index is 628. The van der Waals surface area contributed by atoms with Crippen molar-refractivity contribution in [3.05, 3.63) is 35.3 Å². The van der Waals surface area contributed by atoms with E-state index in [2.05, 4.69) is 28.7 Å². The van der Waals surface area contributed by atoms with Gasteiger partial charge in [0.1, 0.15) is 17.5 Å². The van der Waals surface area contributed by atoms with Crippen molar-refractivity contribution in [1.29, 1.82) is 0 Å². The van der Waals surface area contributed by atoms with Gasteiger partial charge in [-0.1, -0.05) is 6.92 Å². The molecule has 1 N–H and O–H groups in total. The molecule has 2 aromatic rings. The van der Waals surface area contributed by atoms with Gasteiger partial charge >= 0.3 is 0 Å². The summed E-state index contributed by atoms with van der Waals surface area (Å²) in [6, 6.07) is 0. The fraction of sp³-hybridized carbons (Fsp3) is 0.562. The van der Waals surface area contributed by atoms with Gasteiger partial charge in [0, 0.05) is 43.9 Å². The van der Waals surface area contributed by atoms with Gasteiger partial charge in [0.15, 0.2) is 0 Å². The molecule has 0 aromatic carbocycles. The topological polar surface area (TPSA) is 55.6 Å². The summed E-state index contributed by atoms with van der Waals surface area (Å²) >= 11 is 0. The Morgan fingerprint density at radius 2 is 2.14 bits per heavy atom. The van der Waals surface area contributed by atoms with Crippen molar-refractivity contribution in [2.24, 2.45) is 7.05 Å². The molecular formula is C16H23N5. The number of nitrogens with zero attached hydrogens (tertiary/aromatic N) is 4. The second kappa shape index (κ2) is 5.84. The van der Waals surface area contributed by atoms with Crippen LogP contribution in [0.1, 0.15) is 55.0 Å². The minimum atomic E-state index is 0.563. The fourth-order valence-electron chi connectivity index (χ4n) is 2.41. The summed E-state index contributed by atoms with van der Waals surface area (Å²) in [5.74, 6) is 3.61. The maximum absolute atomic E-state index is 4.81. The molecule has 0 saturated heterocycles. The Hall–Kier alpha value is -1.91. The smallest absolute Gasteiger partial charge is 0.134 e. The van der Waals surface area contributed by atoms with E-state index in [4.69, 9.17) is 9.97 Å². The second-order valence-electron chi connectivity index (χ2n) is 5.83. The van der Waals surface area contributed by atoms with Gasteiger partial charge in [-0.3, -0.25) is 0 Å². The molecule has 3 rings (SSSR count). The third kappa shape index (κ3) is 3.06. The zero-order valence-electron chi connectivity index (χ0n) is 13.1. The lowest BCUT2D eigenvalue weighted by molar-refractivity contribution is 0.790. The zero-order chi connectivity index (χ0) is 14.8. The summed E-state index contributed by atoms with van der Waals surface area (Å²) in [6.45, 7) is 5.22. The van der Waals surface area contributed by atoms with Gasteiger partial charge in [-0.25, -0.2) is 15.0 Å². The molecule has 0 radical (unpaired) electrons. The first kappa shape index (κ1) is 14.0. The Balaban J connectivity index is 1.93. The van der Waals surface area contributed by atoms with Crippen LogP contribution >= 0.6 is 0 Å². The summed E-state index contributed by atoms with van der Waals surface area (Å²) in [5, 5.41) is 3.44. The lowest BCUT2D eigenvalue weighted by atomic mass is 10.1. The van der Waals surface area contributed by atoms with E-state index in [0.29, 0.717) is 5.92 Å². The van der Waals surface area contributed by atoms with Gasteiger partial charge in [0.05, 0.1) is 5.69 Å². The highest BCUT2D eigenvalue weighted by Crippen LogP contribution is 2.39. The van der Waals surface area contributed by atoms with Crippen LogP contribution in [0.4, 0.5) is 5.82 Å². The maximum Gasteiger partial charge on any atom is 0.134 e. The molecule has 0 bridgehead atoms. The molecule has 5 nitrogen and oxygen atoms in total. The highest BCUT2D eigenvalue weighted by atomic mass is 15.1. The fourth-order valence-corrected chi connectivity index (χ4v) is 2.41. The number of aromatic nitrogens is 4. The highest BCUT2D eigenvalue weighted by Gasteiger charge is 2.28. The standard InChI is InChI=1S/C16H23N5/c1-4-7-18-15-11(2)13(10-14-17-8-9-21(14)3)19-16(20-15)12-5-6-12/h8-9,12H,4-7,10H2,1-3H3,(H,18,19,20). The number of anilines is 1. The first-order valence-electron chi connectivity index (χ1n) is 7.76. The van der Waals surface area contributed by atoms with Crippen molar-refractivity contribution in [2.75, 3.05) is 11.9 Å². The van der Waals surface area contributed by atoms with Crippen molar-refractivity contribution in [3.63, 3.8) is 0 Å². The van der Waals surface area contributed by atoms with E-state index in [1.807, 2.05) is 19.4 Å². The Kier molecular flexibility index (Phi) is 3.90. The Morgan fingerprint density at radius 3 is 2.76 bits per heavy atom. The number of imidazole rings is 1. The van der Waals surface area contributed by atoms with E-state index in [1.54, 1.807) is 0 Å². The summed E-state index contributed by atoms with van der Waals surface area (Å²) in [7, 11) is 2.02. The Morgan fingerprint density at radius 1 is 1.33 bits per heavy atom. The molecule has 0 unspecified atom stereocenters. The molecule has 1 aliphatic carbocycles. The minimum Gasteiger partial charge on any atom is -0.370 e. The number of aryl methyl sites for hydroxylation is 1. The number of hydrogen-bond donors (Lipinski definition) is 1. The van der Waals surface area contributed by atoms with Crippen molar-refractivity contribution < 1.29 is 0 Å². The summed E-state index contributed by atoms with van der Waals surface area (Å²) in [5.41, 5.74) is 2.25. The molecule has 0 amide bonds. The average molecular weight is 285 g/mol. The zero-order valence-corrected chi connectivity index (χ0v) is 13.1. The lowest BCUT2D eigenvalue weighted by Crippen LogP contribution is -2.11. The van der Waals surface area contributed by atoms with E-state index in [1.165, 1.54) is 12.8 Å². The monoisotopic (exact) mass is 285 g/mol. The first-order valence-corrected chi connectivity index (χ1v) is 7.76. The highest BCUT2D eigenvalue weighted by molar-refractivity contribution is 5.47. The Labute approximate surface area is 125 Å². The molecule has 1 saturated carbocycles. The quantitative estimate of drug-likeness (QED) is 0.886. The molecule has 1 aliphatic rings. The minimum absolute atomic E-state index is 0.563. The number of hydrogen-bond acceptors (Lipinski definition) is 4. The summed E-state index contributed by atoms with van der Waals surface area (Å²) in [6.07, 6.45) is 8.11. The molecule has 2 aromatic heterocycles. The predicted molar refractivity (Wildman–Crippen MR) is 83.5 cm³/mol. The molecular weight excluding hydrogens is 262 g/mol. The second-order valence-corrected chi connectivity index (χ2v) is 5.83. The number of rotatable bonds is 6. The molecule has 21 heavy (non-hydrogen) atoms. The average Bonchev–Trinajstić information content (AvgIpc) is 3.25. The molecule has 1 fully saturated rings. The van der Waals surface area contributed by atoms with Crippen LogP contribution in [0.2, 0.25) is 0 Å². The molecule has 5 heteroatoms. The van der Waals surface area contributed by atoms with Gasteiger partial charge in [-0.05, 0) is 26.2 Å². The van der Waals surface area contributed by atoms with Crippen molar-refractivity contribution in [2.45, 2.75) is 45.4 Å². The number of nitrogens with one attached hydrogen (secondary N) is 1. The van der Waals surface area contributed by atoms with E-state index >= 15 is 0 Å². The van der Waals surface area contributed by atoms with E-state index in [0.717, 1.165) is 48.1 Å². The van der Waals surface area contributed by atoms with Gasteiger partial charge in [0.25, 0.3) is 0 Å². The largest absolute Gasteiger partial charge is 0.370 e. The van der Waals surface area contributed by atoms with Crippen LogP contribution in [0.5, 0.6) is 0 Å². The van der Waals surface area contributed by atoms with Crippen LogP contribution in [0.3, 0.4) is 0 Å². The summed E-state index contributed by atoms with van der Waals surface area (Å²) < 4.78 is 2.05. The third-order valence-electron chi connectivity index (χ3n) is 4.00. The van der Waals surface area contributed by atoms with Crippen molar-refractivity contribution in [3.8, 4) is 0 Å². The molecule has 0 atom stereocenters. The van der Waals surface area contributed by atoms with E-state index in [-0.39, 0.29) is 0 Å². The van der Waals surface area contributed by atoms with Gasteiger partial charge in [-0.2, -0.15) is 0 Å². The normalized spacial score (nSPS) is 14.4. The van der Waals surface area contributed by atoms with Crippen LogP contribution in [0, 0.1) is 6.92 Å².